The molecule has 0 aliphatic carbocycles. The van der Waals surface area contributed by atoms with Crippen LogP contribution in [0, 0.1) is 0 Å². The molecular weight excluding hydrogens is 264 g/mol. The van der Waals surface area contributed by atoms with Gasteiger partial charge in [-0.2, -0.15) is 11.8 Å². The minimum atomic E-state index is -1.04. The van der Waals surface area contributed by atoms with Gasteiger partial charge in [-0.25, -0.2) is 4.79 Å². The molecule has 1 rings (SSSR count). The Balaban J connectivity index is 2.35. The maximum absolute atomic E-state index is 10.7. The molecule has 0 atom stereocenters. The first-order valence-electron chi connectivity index (χ1n) is 6.46. The van der Waals surface area contributed by atoms with Crippen LogP contribution in [-0.4, -0.2) is 50.2 Å². The van der Waals surface area contributed by atoms with E-state index in [0.29, 0.717) is 6.54 Å². The van der Waals surface area contributed by atoms with E-state index in [9.17, 15) is 4.79 Å². The Morgan fingerprint density at radius 3 is 2.68 bits per heavy atom. The van der Waals surface area contributed by atoms with Crippen molar-refractivity contribution in [3.63, 3.8) is 0 Å². The molecule has 0 saturated carbocycles. The van der Waals surface area contributed by atoms with Crippen LogP contribution in [0.15, 0.2) is 6.20 Å². The molecule has 6 nitrogen and oxygen atoms in total. The quantitative estimate of drug-likeness (QED) is 0.669. The van der Waals surface area contributed by atoms with Gasteiger partial charge in [-0.1, -0.05) is 19.1 Å². The second-order valence-electron chi connectivity index (χ2n) is 4.44. The SMILES string of the molecule is CCC(CC)(CNCCn1cc(C(=O)O)nn1)SC. The Morgan fingerprint density at radius 1 is 1.53 bits per heavy atom. The molecule has 2 N–H and O–H groups in total. The van der Waals surface area contributed by atoms with E-state index in [2.05, 4.69) is 35.7 Å². The van der Waals surface area contributed by atoms with Crippen LogP contribution in [0.2, 0.25) is 0 Å². The standard InChI is InChI=1S/C12H22N4O2S/c1-4-12(5-2,19-3)9-13-6-7-16-8-10(11(17)18)14-15-16/h8,13H,4-7,9H2,1-3H3,(H,17,18). The fourth-order valence-corrected chi connectivity index (χ4v) is 2.70. The highest BCUT2D eigenvalue weighted by Gasteiger charge is 2.23. The molecule has 0 fully saturated rings. The number of carbonyl (C=O) groups is 1. The number of hydrogen-bond acceptors (Lipinski definition) is 5. The number of rotatable bonds is 9. The predicted octanol–water partition coefficient (Wildman–Crippen LogP) is 1.49. The van der Waals surface area contributed by atoms with E-state index in [1.165, 1.54) is 6.20 Å². The van der Waals surface area contributed by atoms with Crippen molar-refractivity contribution in [3.8, 4) is 0 Å². The van der Waals surface area contributed by atoms with Gasteiger partial charge in [-0.05, 0) is 19.1 Å². The molecule has 0 aliphatic heterocycles. The summed E-state index contributed by atoms with van der Waals surface area (Å²) in [5.41, 5.74) is -0.0134. The number of carboxylic acids is 1. The van der Waals surface area contributed by atoms with E-state index in [0.717, 1.165) is 25.9 Å². The summed E-state index contributed by atoms with van der Waals surface area (Å²) in [6.07, 6.45) is 5.85. The van der Waals surface area contributed by atoms with Crippen LogP contribution in [0.3, 0.4) is 0 Å². The van der Waals surface area contributed by atoms with Gasteiger partial charge in [0.1, 0.15) is 0 Å². The van der Waals surface area contributed by atoms with Crippen LogP contribution in [0.1, 0.15) is 37.2 Å². The third-order valence-corrected chi connectivity index (χ3v) is 5.03. The second-order valence-corrected chi connectivity index (χ2v) is 5.72. The maximum atomic E-state index is 10.7. The number of nitrogens with one attached hydrogen (secondary N) is 1. The third-order valence-electron chi connectivity index (χ3n) is 3.44. The summed E-state index contributed by atoms with van der Waals surface area (Å²) in [6.45, 7) is 6.74. The average molecular weight is 286 g/mol. The molecule has 1 heterocycles. The van der Waals surface area contributed by atoms with Gasteiger partial charge in [0, 0.05) is 17.8 Å². The van der Waals surface area contributed by atoms with Gasteiger partial charge in [0.05, 0.1) is 12.7 Å². The molecule has 0 unspecified atom stereocenters. The fourth-order valence-electron chi connectivity index (χ4n) is 1.88. The summed E-state index contributed by atoms with van der Waals surface area (Å²) in [6, 6.07) is 0. The molecular formula is C12H22N4O2S. The molecule has 1 aromatic heterocycles. The van der Waals surface area contributed by atoms with Gasteiger partial charge in [0.25, 0.3) is 0 Å². The largest absolute Gasteiger partial charge is 0.476 e. The highest BCUT2D eigenvalue weighted by molar-refractivity contribution is 8.00. The molecule has 0 aliphatic rings. The van der Waals surface area contributed by atoms with E-state index in [-0.39, 0.29) is 10.4 Å². The van der Waals surface area contributed by atoms with Crippen molar-refractivity contribution in [2.24, 2.45) is 0 Å². The highest BCUT2D eigenvalue weighted by atomic mass is 32.2. The first-order chi connectivity index (χ1) is 9.06. The zero-order valence-corrected chi connectivity index (χ0v) is 12.5. The number of hydrogen-bond donors (Lipinski definition) is 2. The molecule has 1 aromatic rings. The van der Waals surface area contributed by atoms with Gasteiger partial charge in [0.15, 0.2) is 5.69 Å². The summed E-state index contributed by atoms with van der Waals surface area (Å²) < 4.78 is 1.84. The Labute approximate surface area is 118 Å². The molecule has 0 saturated heterocycles. The van der Waals surface area contributed by atoms with Crippen molar-refractivity contribution < 1.29 is 9.90 Å². The van der Waals surface area contributed by atoms with Gasteiger partial charge in [-0.15, -0.1) is 5.10 Å². The number of aromatic carboxylic acids is 1. The summed E-state index contributed by atoms with van der Waals surface area (Å²) in [5.74, 6) is -1.04. The zero-order valence-electron chi connectivity index (χ0n) is 11.7. The number of carboxylic acid groups (broad SMARTS) is 1. The lowest BCUT2D eigenvalue weighted by atomic mass is 10.0. The van der Waals surface area contributed by atoms with Crippen molar-refractivity contribution in [1.29, 1.82) is 0 Å². The summed E-state index contributed by atoms with van der Waals surface area (Å²) in [5, 5.41) is 19.5. The first kappa shape index (κ1) is 16.0. The molecule has 0 spiro atoms. The first-order valence-corrected chi connectivity index (χ1v) is 7.68. The molecule has 108 valence electrons. The monoisotopic (exact) mass is 286 g/mol. The van der Waals surface area contributed by atoms with Crippen molar-refractivity contribution in [1.82, 2.24) is 20.3 Å². The second kappa shape index (κ2) is 7.49. The van der Waals surface area contributed by atoms with Crippen LogP contribution >= 0.6 is 11.8 Å². The average Bonchev–Trinajstić information content (AvgIpc) is 2.89. The van der Waals surface area contributed by atoms with Gasteiger partial charge >= 0.3 is 5.97 Å². The van der Waals surface area contributed by atoms with Gasteiger partial charge in [-0.3, -0.25) is 4.68 Å². The molecule has 19 heavy (non-hydrogen) atoms. The Hall–Kier alpha value is -1.08. The lowest BCUT2D eigenvalue weighted by molar-refractivity contribution is 0.0690. The Kier molecular flexibility index (Phi) is 6.30. The van der Waals surface area contributed by atoms with Crippen molar-refractivity contribution >= 4 is 17.7 Å². The number of aromatic nitrogens is 3. The highest BCUT2D eigenvalue weighted by Crippen LogP contribution is 2.29. The smallest absolute Gasteiger partial charge is 0.358 e. The fraction of sp³-hybridized carbons (Fsp3) is 0.750. The minimum Gasteiger partial charge on any atom is -0.476 e. The van der Waals surface area contributed by atoms with E-state index in [1.807, 2.05) is 11.8 Å². The molecule has 7 heteroatoms. The maximum Gasteiger partial charge on any atom is 0.358 e. The summed E-state index contributed by atoms with van der Waals surface area (Å²) >= 11 is 1.90. The third kappa shape index (κ3) is 4.50. The molecule has 0 radical (unpaired) electrons. The van der Waals surface area contributed by atoms with Gasteiger partial charge in [0.2, 0.25) is 0 Å². The minimum absolute atomic E-state index is 0.0134. The van der Waals surface area contributed by atoms with E-state index in [1.54, 1.807) is 4.68 Å². The normalized spacial score (nSPS) is 11.7. The van der Waals surface area contributed by atoms with Crippen LogP contribution < -0.4 is 5.32 Å². The summed E-state index contributed by atoms with van der Waals surface area (Å²) in [4.78, 5) is 10.7. The number of nitrogens with zero attached hydrogens (tertiary/aromatic N) is 3. The summed E-state index contributed by atoms with van der Waals surface area (Å²) in [7, 11) is 0. The Bertz CT molecular complexity index is 396. The molecule has 0 amide bonds. The van der Waals surface area contributed by atoms with Crippen LogP contribution in [0.25, 0.3) is 0 Å². The predicted molar refractivity (Wildman–Crippen MR) is 76.7 cm³/mol. The van der Waals surface area contributed by atoms with E-state index < -0.39 is 5.97 Å². The zero-order chi connectivity index (χ0) is 14.3. The van der Waals surface area contributed by atoms with Crippen LogP contribution in [-0.2, 0) is 6.54 Å². The van der Waals surface area contributed by atoms with E-state index in [4.69, 9.17) is 5.11 Å². The molecule has 0 bridgehead atoms. The van der Waals surface area contributed by atoms with Crippen LogP contribution in [0.4, 0.5) is 0 Å². The van der Waals surface area contributed by atoms with Crippen molar-refractivity contribution in [2.75, 3.05) is 19.3 Å². The molecule has 0 aromatic carbocycles. The van der Waals surface area contributed by atoms with Crippen LogP contribution in [0.5, 0.6) is 0 Å². The van der Waals surface area contributed by atoms with Gasteiger partial charge < -0.3 is 10.4 Å². The topological polar surface area (TPSA) is 80.0 Å². The lowest BCUT2D eigenvalue weighted by Crippen LogP contribution is -2.37. The lowest BCUT2D eigenvalue weighted by Gasteiger charge is -2.29. The van der Waals surface area contributed by atoms with Crippen molar-refractivity contribution in [3.05, 3.63) is 11.9 Å². The Morgan fingerprint density at radius 2 is 2.21 bits per heavy atom. The van der Waals surface area contributed by atoms with Crippen molar-refractivity contribution in [2.45, 2.75) is 38.0 Å². The van der Waals surface area contributed by atoms with E-state index >= 15 is 0 Å². The number of thioether (sulfide) groups is 1.